The highest BCUT2D eigenvalue weighted by Crippen LogP contribution is 2.20. The number of aryl methyl sites for hydroxylation is 1. The van der Waals surface area contributed by atoms with Crippen LogP contribution < -0.4 is 5.73 Å². The largest absolute Gasteiger partial charge is 0.381 e. The zero-order valence-corrected chi connectivity index (χ0v) is 11.5. The number of aromatic nitrogens is 2. The van der Waals surface area contributed by atoms with Crippen molar-refractivity contribution in [3.05, 3.63) is 6.33 Å². The molecule has 0 bridgehead atoms. The van der Waals surface area contributed by atoms with Crippen molar-refractivity contribution in [1.29, 1.82) is 0 Å². The van der Waals surface area contributed by atoms with Gasteiger partial charge < -0.3 is 10.3 Å². The van der Waals surface area contributed by atoms with Gasteiger partial charge in [-0.05, 0) is 12.3 Å². The van der Waals surface area contributed by atoms with Crippen molar-refractivity contribution in [2.45, 2.75) is 25.3 Å². The Kier molecular flexibility index (Phi) is 4.16. The minimum absolute atomic E-state index is 0.0453. The molecule has 0 aliphatic rings. The van der Waals surface area contributed by atoms with E-state index in [9.17, 15) is 8.42 Å². The third-order valence-corrected chi connectivity index (χ3v) is 4.57. The number of hydrogen-bond donors (Lipinski definition) is 1. The number of nitrogens with zero attached hydrogens (tertiary/aromatic N) is 3. The molecule has 6 nitrogen and oxygen atoms in total. The lowest BCUT2D eigenvalue weighted by molar-refractivity contribution is 0.424. The van der Waals surface area contributed by atoms with Crippen LogP contribution in [0, 0.1) is 5.92 Å². The summed E-state index contributed by atoms with van der Waals surface area (Å²) in [5.41, 5.74) is 5.58. The van der Waals surface area contributed by atoms with Crippen molar-refractivity contribution in [1.82, 2.24) is 13.9 Å². The highest BCUT2D eigenvalue weighted by Gasteiger charge is 2.26. The molecule has 0 aliphatic carbocycles. The van der Waals surface area contributed by atoms with Crippen molar-refractivity contribution >= 4 is 15.8 Å². The molecule has 0 aliphatic heterocycles. The maximum atomic E-state index is 12.2. The fraction of sp³-hybridized carbons (Fsp3) is 0.700. The van der Waals surface area contributed by atoms with Crippen molar-refractivity contribution in [3.63, 3.8) is 0 Å². The Balaban J connectivity index is 2.96. The van der Waals surface area contributed by atoms with Gasteiger partial charge in [0.25, 0.3) is 10.0 Å². The van der Waals surface area contributed by atoms with E-state index in [1.807, 2.05) is 0 Å². The molecule has 0 fully saturated rings. The van der Waals surface area contributed by atoms with Crippen LogP contribution >= 0.6 is 0 Å². The van der Waals surface area contributed by atoms with Gasteiger partial charge in [0.05, 0.1) is 6.33 Å². The molecule has 7 heteroatoms. The average molecular weight is 260 g/mol. The van der Waals surface area contributed by atoms with Crippen LogP contribution in [-0.4, -0.2) is 35.9 Å². The third kappa shape index (κ3) is 2.98. The van der Waals surface area contributed by atoms with Crippen molar-refractivity contribution < 1.29 is 8.42 Å². The number of nitrogen functional groups attached to an aromatic ring is 1. The van der Waals surface area contributed by atoms with Gasteiger partial charge in [-0.25, -0.2) is 13.4 Å². The Morgan fingerprint density at radius 3 is 2.53 bits per heavy atom. The molecule has 0 radical (unpaired) electrons. The number of imidazole rings is 1. The number of rotatable bonds is 5. The summed E-state index contributed by atoms with van der Waals surface area (Å²) in [6.07, 6.45) is 2.21. The highest BCUT2D eigenvalue weighted by molar-refractivity contribution is 7.89. The fourth-order valence-electron chi connectivity index (χ4n) is 1.46. The van der Waals surface area contributed by atoms with Crippen molar-refractivity contribution in [2.75, 3.05) is 19.3 Å². The first-order valence-corrected chi connectivity index (χ1v) is 6.94. The van der Waals surface area contributed by atoms with Gasteiger partial charge in [0.1, 0.15) is 0 Å². The van der Waals surface area contributed by atoms with Crippen LogP contribution in [0.4, 0.5) is 5.82 Å². The summed E-state index contributed by atoms with van der Waals surface area (Å²) in [5, 5.41) is 0.0590. The lowest BCUT2D eigenvalue weighted by Crippen LogP contribution is -2.30. The topological polar surface area (TPSA) is 81.2 Å². The van der Waals surface area contributed by atoms with Gasteiger partial charge in [-0.1, -0.05) is 13.8 Å². The predicted octanol–water partition coefficient (Wildman–Crippen LogP) is 0.669. The van der Waals surface area contributed by atoms with Crippen LogP contribution in [0.5, 0.6) is 0 Å². The summed E-state index contributed by atoms with van der Waals surface area (Å²) >= 11 is 0. The number of hydrogen-bond acceptors (Lipinski definition) is 4. The normalized spacial score (nSPS) is 12.6. The van der Waals surface area contributed by atoms with Crippen molar-refractivity contribution in [2.24, 2.45) is 13.0 Å². The van der Waals surface area contributed by atoms with E-state index in [0.29, 0.717) is 12.5 Å². The lowest BCUT2D eigenvalue weighted by atomic mass is 10.1. The van der Waals surface area contributed by atoms with Gasteiger partial charge in [-0.3, -0.25) is 0 Å². The second-order valence-electron chi connectivity index (χ2n) is 4.55. The lowest BCUT2D eigenvalue weighted by Gasteiger charge is -2.18. The minimum atomic E-state index is -3.54. The SMILES string of the molecule is CC(C)CCN(C)S(=O)(=O)c1c(N)ncn1C. The predicted molar refractivity (Wildman–Crippen MR) is 66.9 cm³/mol. The van der Waals surface area contributed by atoms with E-state index >= 15 is 0 Å². The molecule has 0 saturated carbocycles. The molecule has 2 N–H and O–H groups in total. The van der Waals surface area contributed by atoms with E-state index in [0.717, 1.165) is 6.42 Å². The van der Waals surface area contributed by atoms with Gasteiger partial charge in [-0.15, -0.1) is 0 Å². The van der Waals surface area contributed by atoms with E-state index in [1.165, 1.54) is 15.2 Å². The summed E-state index contributed by atoms with van der Waals surface area (Å²) in [6, 6.07) is 0. The van der Waals surface area contributed by atoms with Gasteiger partial charge in [0, 0.05) is 20.6 Å². The maximum absolute atomic E-state index is 12.2. The van der Waals surface area contributed by atoms with Crippen LogP contribution in [0.2, 0.25) is 0 Å². The Labute approximate surface area is 102 Å². The van der Waals surface area contributed by atoms with E-state index in [1.54, 1.807) is 14.1 Å². The van der Waals surface area contributed by atoms with Crippen LogP contribution in [0.15, 0.2) is 11.4 Å². The molecule has 1 aromatic rings. The standard InChI is InChI=1S/C10H20N4O2S/c1-8(2)5-6-14(4)17(15,16)10-9(11)12-7-13(10)3/h7-8H,5-6,11H2,1-4H3. The molecule has 1 rings (SSSR count). The summed E-state index contributed by atoms with van der Waals surface area (Å²) in [7, 11) is -0.367. The summed E-state index contributed by atoms with van der Waals surface area (Å²) in [6.45, 7) is 4.59. The van der Waals surface area contributed by atoms with Gasteiger partial charge in [-0.2, -0.15) is 4.31 Å². The summed E-state index contributed by atoms with van der Waals surface area (Å²) in [4.78, 5) is 3.79. The number of sulfonamides is 1. The van der Waals surface area contributed by atoms with E-state index < -0.39 is 10.0 Å². The smallest absolute Gasteiger partial charge is 0.262 e. The Morgan fingerprint density at radius 1 is 1.53 bits per heavy atom. The minimum Gasteiger partial charge on any atom is -0.381 e. The summed E-state index contributed by atoms with van der Waals surface area (Å²) in [5.74, 6) is 0.500. The van der Waals surface area contributed by atoms with Gasteiger partial charge in [0.15, 0.2) is 10.8 Å². The third-order valence-electron chi connectivity index (χ3n) is 2.59. The van der Waals surface area contributed by atoms with E-state index in [2.05, 4.69) is 18.8 Å². The molecule has 98 valence electrons. The zero-order chi connectivity index (χ0) is 13.2. The zero-order valence-electron chi connectivity index (χ0n) is 10.7. The Hall–Kier alpha value is -1.08. The quantitative estimate of drug-likeness (QED) is 0.843. The van der Waals surface area contributed by atoms with Crippen LogP contribution in [0.25, 0.3) is 0 Å². The first-order valence-electron chi connectivity index (χ1n) is 5.50. The molecule has 0 unspecified atom stereocenters. The summed E-state index contributed by atoms with van der Waals surface area (Å²) < 4.78 is 27.2. The molecule has 0 atom stereocenters. The average Bonchev–Trinajstić information content (AvgIpc) is 2.55. The molecule has 1 aromatic heterocycles. The van der Waals surface area contributed by atoms with Gasteiger partial charge >= 0.3 is 0 Å². The first kappa shape index (κ1) is 14.0. The van der Waals surface area contributed by atoms with E-state index in [4.69, 9.17) is 5.73 Å². The molecule has 0 aromatic carbocycles. The van der Waals surface area contributed by atoms with Gasteiger partial charge in [0.2, 0.25) is 0 Å². The highest BCUT2D eigenvalue weighted by atomic mass is 32.2. The maximum Gasteiger partial charge on any atom is 0.262 e. The van der Waals surface area contributed by atoms with E-state index in [-0.39, 0.29) is 10.8 Å². The second kappa shape index (κ2) is 5.05. The van der Waals surface area contributed by atoms with Crippen molar-refractivity contribution in [3.8, 4) is 0 Å². The molecule has 1 heterocycles. The monoisotopic (exact) mass is 260 g/mol. The first-order chi connectivity index (χ1) is 7.76. The number of nitrogens with two attached hydrogens (primary N) is 1. The molecule has 17 heavy (non-hydrogen) atoms. The Bertz CT molecular complexity index is 459. The fourth-order valence-corrected chi connectivity index (χ4v) is 2.83. The van der Waals surface area contributed by atoms with Crippen LogP contribution in [-0.2, 0) is 17.1 Å². The molecule has 0 saturated heterocycles. The molecule has 0 amide bonds. The molecular formula is C10H20N4O2S. The number of anilines is 1. The van der Waals surface area contributed by atoms with Crippen LogP contribution in [0.1, 0.15) is 20.3 Å². The Morgan fingerprint density at radius 2 is 2.12 bits per heavy atom. The molecular weight excluding hydrogens is 240 g/mol. The second-order valence-corrected chi connectivity index (χ2v) is 6.52. The molecule has 0 spiro atoms. The van der Waals surface area contributed by atoms with Crippen LogP contribution in [0.3, 0.4) is 0 Å².